The molecule has 1 aromatic carbocycles. The van der Waals surface area contributed by atoms with Crippen LogP contribution in [0, 0.1) is 0 Å². The molecule has 3 rings (SSSR count). The van der Waals surface area contributed by atoms with Crippen LogP contribution in [0.5, 0.6) is 5.75 Å². The highest BCUT2D eigenvalue weighted by molar-refractivity contribution is 5.51. The van der Waals surface area contributed by atoms with E-state index in [1.165, 1.54) is 45.2 Å². The van der Waals surface area contributed by atoms with Gasteiger partial charge in [0.1, 0.15) is 11.9 Å². The molecule has 19 heavy (non-hydrogen) atoms. The van der Waals surface area contributed by atoms with Crippen LogP contribution in [0.15, 0.2) is 24.3 Å². The molecule has 2 unspecified atom stereocenters. The number of nitrogen functional groups attached to an aromatic ring is 1. The summed E-state index contributed by atoms with van der Waals surface area (Å²) >= 11 is 0. The first-order chi connectivity index (χ1) is 9.34. The zero-order valence-electron chi connectivity index (χ0n) is 11.6. The van der Waals surface area contributed by atoms with E-state index >= 15 is 0 Å². The lowest BCUT2D eigenvalue weighted by atomic mass is 9.91. The second-order valence-electron chi connectivity index (χ2n) is 5.79. The summed E-state index contributed by atoms with van der Waals surface area (Å²) in [5, 5.41) is 0. The number of rotatable bonds is 3. The van der Waals surface area contributed by atoms with Gasteiger partial charge in [0.05, 0.1) is 5.69 Å². The molecule has 2 aliphatic rings. The Balaban J connectivity index is 1.71. The van der Waals surface area contributed by atoms with Gasteiger partial charge in [0, 0.05) is 6.04 Å². The quantitative estimate of drug-likeness (QED) is 0.849. The molecule has 0 radical (unpaired) electrons. The predicted molar refractivity (Wildman–Crippen MR) is 78.3 cm³/mol. The van der Waals surface area contributed by atoms with E-state index in [0.29, 0.717) is 12.1 Å². The van der Waals surface area contributed by atoms with Crippen molar-refractivity contribution in [3.8, 4) is 5.75 Å². The molecule has 1 heterocycles. The van der Waals surface area contributed by atoms with Crippen LogP contribution < -0.4 is 10.5 Å². The second-order valence-corrected chi connectivity index (χ2v) is 5.79. The normalized spacial score (nSPS) is 28.4. The van der Waals surface area contributed by atoms with Gasteiger partial charge < -0.3 is 10.5 Å². The fourth-order valence-corrected chi connectivity index (χ4v) is 3.46. The van der Waals surface area contributed by atoms with Crippen molar-refractivity contribution in [3.63, 3.8) is 0 Å². The molecule has 1 aromatic rings. The first-order valence-corrected chi connectivity index (χ1v) is 7.60. The van der Waals surface area contributed by atoms with Gasteiger partial charge in [-0.2, -0.15) is 0 Å². The third kappa shape index (κ3) is 2.86. The Labute approximate surface area is 115 Å². The van der Waals surface area contributed by atoms with Crippen LogP contribution in [0.4, 0.5) is 5.69 Å². The highest BCUT2D eigenvalue weighted by Crippen LogP contribution is 2.31. The number of nitrogens with two attached hydrogens (primary N) is 1. The lowest BCUT2D eigenvalue weighted by Gasteiger charge is -2.38. The average Bonchev–Trinajstić information content (AvgIpc) is 2.96. The van der Waals surface area contributed by atoms with Gasteiger partial charge in [-0.3, -0.25) is 4.90 Å². The lowest BCUT2D eigenvalue weighted by Crippen LogP contribution is -2.46. The number of likely N-dealkylation sites (tertiary alicyclic amines) is 1. The van der Waals surface area contributed by atoms with Crippen molar-refractivity contribution in [1.29, 1.82) is 0 Å². The molecule has 0 bridgehead atoms. The van der Waals surface area contributed by atoms with E-state index in [0.717, 1.165) is 17.9 Å². The molecule has 104 valence electrons. The number of nitrogens with zero attached hydrogens (tertiary/aromatic N) is 1. The van der Waals surface area contributed by atoms with Gasteiger partial charge in [-0.1, -0.05) is 18.6 Å². The highest BCUT2D eigenvalue weighted by Gasteiger charge is 2.33. The van der Waals surface area contributed by atoms with E-state index in [1.54, 1.807) is 0 Å². The number of para-hydroxylation sites is 2. The van der Waals surface area contributed by atoms with E-state index in [9.17, 15) is 0 Å². The minimum absolute atomic E-state index is 0.316. The van der Waals surface area contributed by atoms with Gasteiger partial charge in [0.25, 0.3) is 0 Å². The summed E-state index contributed by atoms with van der Waals surface area (Å²) in [5.74, 6) is 0.860. The zero-order chi connectivity index (χ0) is 13.1. The Hall–Kier alpha value is -1.22. The van der Waals surface area contributed by atoms with E-state index in [2.05, 4.69) is 4.90 Å². The zero-order valence-corrected chi connectivity index (χ0v) is 11.6. The summed E-state index contributed by atoms with van der Waals surface area (Å²) in [6.45, 7) is 2.49. The maximum absolute atomic E-state index is 6.24. The standard InChI is InChI=1S/C16H24N2O/c17-13-7-1-3-9-15(13)19-16-10-4-2-8-14(16)18-11-5-6-12-18/h1,3,7,9,14,16H,2,4-6,8,10-12,17H2. The molecule has 3 heteroatoms. The summed E-state index contributed by atoms with van der Waals surface area (Å²) < 4.78 is 6.24. The van der Waals surface area contributed by atoms with Crippen LogP contribution >= 0.6 is 0 Å². The van der Waals surface area contributed by atoms with Crippen molar-refractivity contribution in [3.05, 3.63) is 24.3 Å². The van der Waals surface area contributed by atoms with Crippen LogP contribution in [0.25, 0.3) is 0 Å². The van der Waals surface area contributed by atoms with Crippen molar-refractivity contribution in [2.75, 3.05) is 18.8 Å². The van der Waals surface area contributed by atoms with Crippen molar-refractivity contribution < 1.29 is 4.74 Å². The molecule has 2 fully saturated rings. The largest absolute Gasteiger partial charge is 0.487 e. The van der Waals surface area contributed by atoms with Gasteiger partial charge in [0.2, 0.25) is 0 Å². The minimum atomic E-state index is 0.316. The van der Waals surface area contributed by atoms with Crippen LogP contribution in [0.3, 0.4) is 0 Å². The van der Waals surface area contributed by atoms with E-state index in [1.807, 2.05) is 24.3 Å². The molecule has 3 nitrogen and oxygen atoms in total. The number of anilines is 1. The van der Waals surface area contributed by atoms with Gasteiger partial charge in [-0.15, -0.1) is 0 Å². The van der Waals surface area contributed by atoms with Gasteiger partial charge in [-0.05, 0) is 57.3 Å². The van der Waals surface area contributed by atoms with Crippen LogP contribution in [-0.2, 0) is 0 Å². The number of hydrogen-bond acceptors (Lipinski definition) is 3. The fraction of sp³-hybridized carbons (Fsp3) is 0.625. The van der Waals surface area contributed by atoms with E-state index in [-0.39, 0.29) is 0 Å². The molecule has 0 amide bonds. The van der Waals surface area contributed by atoms with Crippen molar-refractivity contribution in [2.24, 2.45) is 0 Å². The molecule has 0 spiro atoms. The summed E-state index contributed by atoms with van der Waals surface area (Å²) in [6, 6.07) is 8.46. The maximum atomic E-state index is 6.24. The summed E-state index contributed by atoms with van der Waals surface area (Å²) in [5.41, 5.74) is 6.76. The molecule has 2 N–H and O–H groups in total. The monoisotopic (exact) mass is 260 g/mol. The maximum Gasteiger partial charge on any atom is 0.142 e. The summed E-state index contributed by atoms with van der Waals surface area (Å²) in [7, 11) is 0. The van der Waals surface area contributed by atoms with Gasteiger partial charge >= 0.3 is 0 Å². The summed E-state index contributed by atoms with van der Waals surface area (Å²) in [4.78, 5) is 2.63. The molecule has 1 saturated heterocycles. The number of ether oxygens (including phenoxy) is 1. The Morgan fingerprint density at radius 2 is 1.74 bits per heavy atom. The molecule has 1 aliphatic carbocycles. The average molecular weight is 260 g/mol. The molecule has 2 atom stereocenters. The van der Waals surface area contributed by atoms with Gasteiger partial charge in [0.15, 0.2) is 0 Å². The number of benzene rings is 1. The predicted octanol–water partition coefficient (Wildman–Crippen LogP) is 3.05. The van der Waals surface area contributed by atoms with Crippen LogP contribution in [-0.4, -0.2) is 30.1 Å². The smallest absolute Gasteiger partial charge is 0.142 e. The SMILES string of the molecule is Nc1ccccc1OC1CCCCC1N1CCCC1. The van der Waals surface area contributed by atoms with E-state index in [4.69, 9.17) is 10.5 Å². The van der Waals surface area contributed by atoms with Crippen LogP contribution in [0.2, 0.25) is 0 Å². The minimum Gasteiger partial charge on any atom is -0.487 e. The Morgan fingerprint density at radius 1 is 1.00 bits per heavy atom. The first kappa shape index (κ1) is 12.8. The topological polar surface area (TPSA) is 38.5 Å². The second kappa shape index (κ2) is 5.83. The highest BCUT2D eigenvalue weighted by atomic mass is 16.5. The summed E-state index contributed by atoms with van der Waals surface area (Å²) in [6.07, 6.45) is 8.06. The molecular formula is C16H24N2O. The first-order valence-electron chi connectivity index (χ1n) is 7.60. The lowest BCUT2D eigenvalue weighted by molar-refractivity contribution is 0.0491. The third-order valence-electron chi connectivity index (χ3n) is 4.47. The fourth-order valence-electron chi connectivity index (χ4n) is 3.46. The van der Waals surface area contributed by atoms with Crippen molar-refractivity contribution >= 4 is 5.69 Å². The van der Waals surface area contributed by atoms with Gasteiger partial charge in [-0.25, -0.2) is 0 Å². The molecule has 0 aromatic heterocycles. The Kier molecular flexibility index (Phi) is 3.92. The van der Waals surface area contributed by atoms with Crippen molar-refractivity contribution in [1.82, 2.24) is 4.90 Å². The molecule has 1 aliphatic heterocycles. The van der Waals surface area contributed by atoms with E-state index < -0.39 is 0 Å². The molecule has 1 saturated carbocycles. The van der Waals surface area contributed by atoms with Crippen LogP contribution in [0.1, 0.15) is 38.5 Å². The number of hydrogen-bond donors (Lipinski definition) is 1. The molecular weight excluding hydrogens is 236 g/mol. The Morgan fingerprint density at radius 3 is 2.53 bits per heavy atom. The van der Waals surface area contributed by atoms with Crippen molar-refractivity contribution in [2.45, 2.75) is 50.7 Å². The third-order valence-corrected chi connectivity index (χ3v) is 4.47. The Bertz CT molecular complexity index is 415.